The molecule has 1 aromatic heterocycles. The van der Waals surface area contributed by atoms with Gasteiger partial charge in [0.1, 0.15) is 6.10 Å². The fourth-order valence-corrected chi connectivity index (χ4v) is 1.41. The first-order valence-electron chi connectivity index (χ1n) is 4.40. The molecular formula is C11H11NO2. The van der Waals surface area contributed by atoms with Crippen molar-refractivity contribution in [1.29, 1.82) is 0 Å². The Kier molecular flexibility index (Phi) is 2.60. The first-order valence-corrected chi connectivity index (χ1v) is 4.40. The van der Waals surface area contributed by atoms with Crippen LogP contribution in [-0.4, -0.2) is 12.3 Å². The Labute approximate surface area is 82.3 Å². The van der Waals surface area contributed by atoms with E-state index in [-0.39, 0.29) is 6.10 Å². The molecular weight excluding hydrogens is 178 g/mol. The molecule has 1 unspecified atom stereocenters. The summed E-state index contributed by atoms with van der Waals surface area (Å²) in [5.74, 6) is 0.721. The lowest BCUT2D eigenvalue weighted by molar-refractivity contribution is 0.109. The van der Waals surface area contributed by atoms with Crippen LogP contribution in [-0.2, 0) is 4.74 Å². The summed E-state index contributed by atoms with van der Waals surface area (Å²) in [4.78, 5) is 0. The van der Waals surface area contributed by atoms with Gasteiger partial charge in [-0.3, -0.25) is 0 Å². The van der Waals surface area contributed by atoms with Crippen LogP contribution < -0.4 is 0 Å². The van der Waals surface area contributed by atoms with E-state index in [1.54, 1.807) is 19.4 Å². The van der Waals surface area contributed by atoms with Crippen molar-refractivity contribution in [1.82, 2.24) is 5.16 Å². The first-order chi connectivity index (χ1) is 6.92. The minimum absolute atomic E-state index is 0.168. The zero-order valence-electron chi connectivity index (χ0n) is 7.88. The van der Waals surface area contributed by atoms with E-state index < -0.39 is 0 Å². The van der Waals surface area contributed by atoms with Crippen LogP contribution in [0.15, 0.2) is 47.1 Å². The number of rotatable bonds is 3. The van der Waals surface area contributed by atoms with E-state index in [0.717, 1.165) is 11.3 Å². The maximum absolute atomic E-state index is 5.35. The van der Waals surface area contributed by atoms with Crippen LogP contribution in [0.5, 0.6) is 0 Å². The summed E-state index contributed by atoms with van der Waals surface area (Å²) in [5, 5.41) is 3.66. The molecule has 0 aliphatic rings. The van der Waals surface area contributed by atoms with E-state index in [2.05, 4.69) is 5.16 Å². The highest BCUT2D eigenvalue weighted by atomic mass is 16.5. The number of nitrogens with zero attached hydrogens (tertiary/aromatic N) is 1. The van der Waals surface area contributed by atoms with Crippen molar-refractivity contribution in [3.63, 3.8) is 0 Å². The van der Waals surface area contributed by atoms with Crippen molar-refractivity contribution in [2.75, 3.05) is 7.11 Å². The topological polar surface area (TPSA) is 35.3 Å². The van der Waals surface area contributed by atoms with Crippen molar-refractivity contribution in [3.8, 4) is 0 Å². The molecule has 14 heavy (non-hydrogen) atoms. The Bertz CT molecular complexity index is 369. The number of ether oxygens (including phenoxy) is 1. The molecule has 0 spiro atoms. The molecule has 0 saturated heterocycles. The Morgan fingerprint density at radius 1 is 1.21 bits per heavy atom. The van der Waals surface area contributed by atoms with Crippen molar-refractivity contribution >= 4 is 0 Å². The molecule has 72 valence electrons. The van der Waals surface area contributed by atoms with E-state index in [1.165, 1.54) is 0 Å². The van der Waals surface area contributed by atoms with E-state index in [9.17, 15) is 0 Å². The molecule has 0 aliphatic carbocycles. The average molecular weight is 189 g/mol. The number of benzene rings is 1. The van der Waals surface area contributed by atoms with Gasteiger partial charge in [-0.05, 0) is 5.56 Å². The zero-order chi connectivity index (χ0) is 9.80. The molecule has 0 fully saturated rings. The molecule has 1 heterocycles. The minimum atomic E-state index is -0.168. The molecule has 0 bridgehead atoms. The molecule has 0 saturated carbocycles. The summed E-state index contributed by atoms with van der Waals surface area (Å²) in [5.41, 5.74) is 1.06. The Hall–Kier alpha value is -1.61. The summed E-state index contributed by atoms with van der Waals surface area (Å²) in [6.45, 7) is 0. The van der Waals surface area contributed by atoms with Gasteiger partial charge in [0, 0.05) is 13.2 Å². The van der Waals surface area contributed by atoms with Crippen LogP contribution >= 0.6 is 0 Å². The molecule has 0 aliphatic heterocycles. The van der Waals surface area contributed by atoms with Gasteiger partial charge in [0.15, 0.2) is 5.76 Å². The summed E-state index contributed by atoms with van der Waals surface area (Å²) in [6, 6.07) is 11.7. The van der Waals surface area contributed by atoms with Crippen LogP contribution in [0.1, 0.15) is 17.4 Å². The lowest BCUT2D eigenvalue weighted by atomic mass is 10.1. The quantitative estimate of drug-likeness (QED) is 0.743. The van der Waals surface area contributed by atoms with E-state index in [4.69, 9.17) is 9.26 Å². The highest BCUT2D eigenvalue weighted by Gasteiger charge is 2.15. The van der Waals surface area contributed by atoms with Crippen molar-refractivity contribution < 1.29 is 9.26 Å². The van der Waals surface area contributed by atoms with Gasteiger partial charge in [-0.2, -0.15) is 0 Å². The molecule has 2 aromatic rings. The summed E-state index contributed by atoms with van der Waals surface area (Å²) < 4.78 is 10.4. The maximum Gasteiger partial charge on any atom is 0.169 e. The second-order valence-corrected chi connectivity index (χ2v) is 2.94. The predicted octanol–water partition coefficient (Wildman–Crippen LogP) is 2.41. The number of hydrogen-bond acceptors (Lipinski definition) is 3. The van der Waals surface area contributed by atoms with Gasteiger partial charge in [-0.25, -0.2) is 0 Å². The molecule has 3 nitrogen and oxygen atoms in total. The molecule has 0 N–H and O–H groups in total. The van der Waals surface area contributed by atoms with Gasteiger partial charge in [-0.1, -0.05) is 35.5 Å². The van der Waals surface area contributed by atoms with Crippen molar-refractivity contribution in [2.24, 2.45) is 0 Å². The van der Waals surface area contributed by atoms with Gasteiger partial charge in [0.25, 0.3) is 0 Å². The van der Waals surface area contributed by atoms with E-state index in [1.807, 2.05) is 30.3 Å². The van der Waals surface area contributed by atoms with Gasteiger partial charge >= 0.3 is 0 Å². The molecule has 0 amide bonds. The first kappa shape index (κ1) is 8.97. The molecule has 1 atom stereocenters. The SMILES string of the molecule is COC(c1ccccc1)c1ccno1. The third-order valence-electron chi connectivity index (χ3n) is 2.05. The Balaban J connectivity index is 2.31. The predicted molar refractivity (Wildman–Crippen MR) is 51.8 cm³/mol. The van der Waals surface area contributed by atoms with Crippen LogP contribution in [0.2, 0.25) is 0 Å². The standard InChI is InChI=1S/C11H11NO2/c1-13-11(10-7-8-12-14-10)9-5-3-2-4-6-9/h2-8,11H,1H3. The fraction of sp³-hybridized carbons (Fsp3) is 0.182. The minimum Gasteiger partial charge on any atom is -0.369 e. The van der Waals surface area contributed by atoms with Crippen LogP contribution in [0, 0.1) is 0 Å². The van der Waals surface area contributed by atoms with Gasteiger partial charge in [0.05, 0.1) is 6.20 Å². The second-order valence-electron chi connectivity index (χ2n) is 2.94. The monoisotopic (exact) mass is 189 g/mol. The summed E-state index contributed by atoms with van der Waals surface area (Å²) in [6.07, 6.45) is 1.45. The molecule has 0 radical (unpaired) electrons. The number of hydrogen-bond donors (Lipinski definition) is 0. The van der Waals surface area contributed by atoms with Gasteiger partial charge in [-0.15, -0.1) is 0 Å². The van der Waals surface area contributed by atoms with Gasteiger partial charge in [0.2, 0.25) is 0 Å². The van der Waals surface area contributed by atoms with Crippen molar-refractivity contribution in [3.05, 3.63) is 53.9 Å². The third-order valence-corrected chi connectivity index (χ3v) is 2.05. The molecule has 3 heteroatoms. The van der Waals surface area contributed by atoms with Crippen molar-refractivity contribution in [2.45, 2.75) is 6.10 Å². The molecule has 2 rings (SSSR count). The zero-order valence-corrected chi connectivity index (χ0v) is 7.88. The highest BCUT2D eigenvalue weighted by molar-refractivity contribution is 5.23. The summed E-state index contributed by atoms with van der Waals surface area (Å²) >= 11 is 0. The smallest absolute Gasteiger partial charge is 0.169 e. The number of aromatic nitrogens is 1. The molecule has 1 aromatic carbocycles. The van der Waals surface area contributed by atoms with Gasteiger partial charge < -0.3 is 9.26 Å². The van der Waals surface area contributed by atoms with Crippen LogP contribution in [0.3, 0.4) is 0 Å². The highest BCUT2D eigenvalue weighted by Crippen LogP contribution is 2.24. The lowest BCUT2D eigenvalue weighted by Crippen LogP contribution is -2.01. The second kappa shape index (κ2) is 4.07. The number of methoxy groups -OCH3 is 1. The van der Waals surface area contributed by atoms with Crippen LogP contribution in [0.4, 0.5) is 0 Å². The van der Waals surface area contributed by atoms with Crippen LogP contribution in [0.25, 0.3) is 0 Å². The lowest BCUT2D eigenvalue weighted by Gasteiger charge is -2.11. The summed E-state index contributed by atoms with van der Waals surface area (Å²) in [7, 11) is 1.65. The van der Waals surface area contributed by atoms with E-state index >= 15 is 0 Å². The fourth-order valence-electron chi connectivity index (χ4n) is 1.41. The Morgan fingerprint density at radius 2 is 2.00 bits per heavy atom. The third kappa shape index (κ3) is 1.67. The average Bonchev–Trinajstić information content (AvgIpc) is 2.74. The normalized spacial score (nSPS) is 12.6. The maximum atomic E-state index is 5.35. The Morgan fingerprint density at radius 3 is 2.57 bits per heavy atom. The largest absolute Gasteiger partial charge is 0.369 e. The van der Waals surface area contributed by atoms with E-state index in [0.29, 0.717) is 0 Å².